The first kappa shape index (κ1) is 34.1. The van der Waals surface area contributed by atoms with Gasteiger partial charge in [0.05, 0.1) is 24.8 Å². The zero-order valence-electron chi connectivity index (χ0n) is 22.8. The highest BCUT2D eigenvalue weighted by molar-refractivity contribution is 5.02. The second-order valence-corrected chi connectivity index (χ2v) is 11.2. The molecule has 19 atom stereocenters. The number of aliphatic hydroxyl groups is 7. The molecule has 4 rings (SSSR count). The van der Waals surface area contributed by atoms with Crippen LogP contribution in [0.4, 0.5) is 0 Å². The van der Waals surface area contributed by atoms with Gasteiger partial charge in [-0.05, 0) is 6.42 Å². The van der Waals surface area contributed by atoms with Gasteiger partial charge in [-0.15, -0.1) is 0 Å². The van der Waals surface area contributed by atoms with Crippen LogP contribution in [0.2, 0.25) is 0 Å². The first-order valence-electron chi connectivity index (χ1n) is 13.9. The molecule has 1 aliphatic carbocycles. The van der Waals surface area contributed by atoms with Crippen LogP contribution in [0, 0.1) is 0 Å². The molecule has 3 aliphatic heterocycles. The summed E-state index contributed by atoms with van der Waals surface area (Å²) in [6.07, 6.45) is -19.8. The highest BCUT2D eigenvalue weighted by Gasteiger charge is 2.54. The van der Waals surface area contributed by atoms with Crippen molar-refractivity contribution in [3.8, 4) is 0 Å². The van der Waals surface area contributed by atoms with Crippen LogP contribution < -0.4 is 34.4 Å². The Bertz CT molecular complexity index is 868. The van der Waals surface area contributed by atoms with Crippen molar-refractivity contribution in [3.63, 3.8) is 0 Å². The maximum Gasteiger partial charge on any atom is 0.187 e. The SMILES string of the molecule is NC[C@@H]1O[C@@H](O[C@@H]2[C@@H](O)[C@H](O[C@H]3[C@@H](O)[C@H](N)C[C@H](N)[C@H]3O[C@H]3O[C@H](CN)[C@H](O)[C@H](O)[C@H]3N)O[C@@H]2CO)[C@H](N)[C@@H](O)[C@H]1O. The van der Waals surface area contributed by atoms with Gasteiger partial charge in [0.25, 0.3) is 0 Å². The van der Waals surface area contributed by atoms with E-state index in [0.29, 0.717) is 0 Å². The van der Waals surface area contributed by atoms with Gasteiger partial charge in [-0.2, -0.15) is 0 Å². The smallest absolute Gasteiger partial charge is 0.187 e. The quantitative estimate of drug-likeness (QED) is 0.115. The average molecular weight is 615 g/mol. The molecular weight excluding hydrogens is 568 g/mol. The molecule has 3 saturated heterocycles. The molecule has 0 radical (unpaired) electrons. The van der Waals surface area contributed by atoms with Crippen LogP contribution in [0.1, 0.15) is 6.42 Å². The Morgan fingerprint density at radius 1 is 0.524 bits per heavy atom. The van der Waals surface area contributed by atoms with Gasteiger partial charge in [-0.25, -0.2) is 0 Å². The van der Waals surface area contributed by atoms with Gasteiger partial charge in [0, 0.05) is 25.2 Å². The van der Waals surface area contributed by atoms with E-state index in [1.807, 2.05) is 0 Å². The summed E-state index contributed by atoms with van der Waals surface area (Å²) in [5.41, 5.74) is 35.6. The molecule has 0 amide bonds. The van der Waals surface area contributed by atoms with Crippen LogP contribution in [-0.4, -0.2) is 172 Å². The predicted molar refractivity (Wildman–Crippen MR) is 138 cm³/mol. The van der Waals surface area contributed by atoms with E-state index in [1.165, 1.54) is 0 Å². The lowest BCUT2D eigenvalue weighted by molar-refractivity contribution is -0.306. The molecular formula is C23H46N6O13. The Kier molecular flexibility index (Phi) is 11.5. The summed E-state index contributed by atoms with van der Waals surface area (Å²) in [5, 5.41) is 73.0. The van der Waals surface area contributed by atoms with Crippen molar-refractivity contribution in [2.75, 3.05) is 19.7 Å². The van der Waals surface area contributed by atoms with E-state index < -0.39 is 123 Å². The van der Waals surface area contributed by atoms with Gasteiger partial charge >= 0.3 is 0 Å². The summed E-state index contributed by atoms with van der Waals surface area (Å²) in [6.45, 7) is -0.967. The van der Waals surface area contributed by atoms with Crippen molar-refractivity contribution in [1.82, 2.24) is 0 Å². The van der Waals surface area contributed by atoms with Crippen molar-refractivity contribution in [2.45, 2.75) is 123 Å². The zero-order chi connectivity index (χ0) is 31.0. The van der Waals surface area contributed by atoms with E-state index >= 15 is 0 Å². The van der Waals surface area contributed by atoms with Crippen molar-refractivity contribution >= 4 is 0 Å². The molecule has 1 saturated carbocycles. The van der Waals surface area contributed by atoms with E-state index in [2.05, 4.69) is 0 Å². The fourth-order valence-electron chi connectivity index (χ4n) is 5.74. The molecule has 19 N–H and O–H groups in total. The number of hydrogen-bond donors (Lipinski definition) is 13. The number of nitrogens with two attached hydrogens (primary N) is 6. The fourth-order valence-corrected chi connectivity index (χ4v) is 5.74. The number of ether oxygens (including phenoxy) is 6. The second-order valence-electron chi connectivity index (χ2n) is 11.2. The number of aliphatic hydroxyl groups excluding tert-OH is 7. The van der Waals surface area contributed by atoms with Crippen LogP contribution in [0.15, 0.2) is 0 Å². The van der Waals surface area contributed by atoms with Crippen molar-refractivity contribution in [1.29, 1.82) is 0 Å². The first-order valence-corrected chi connectivity index (χ1v) is 13.9. The third-order valence-corrected chi connectivity index (χ3v) is 8.37. The lowest BCUT2D eigenvalue weighted by Gasteiger charge is -2.47. The molecule has 0 unspecified atom stereocenters. The standard InChI is InChI=1S/C23H46N6O13/c24-2-7-13(32)15(34)10(28)21(37-7)40-18-6(27)1-5(26)12(31)20(18)42-23-17(36)19(9(4-30)39-23)41-22-11(29)16(35)14(33)8(3-25)38-22/h5-23,30-36H,1-4,24-29H2/t5-,6+,7-,8+,9-,10-,11-,12+,13+,14+,15-,16-,17-,18-,19+,20+,21-,22+,23+/m1/s1. The molecule has 0 spiro atoms. The molecule has 4 aliphatic rings. The molecule has 42 heavy (non-hydrogen) atoms. The van der Waals surface area contributed by atoms with Gasteiger partial charge in [0.1, 0.15) is 67.1 Å². The normalized spacial score (nSPS) is 53.8. The Morgan fingerprint density at radius 2 is 0.976 bits per heavy atom. The van der Waals surface area contributed by atoms with Crippen LogP contribution >= 0.6 is 0 Å². The van der Waals surface area contributed by atoms with Crippen LogP contribution in [0.3, 0.4) is 0 Å². The van der Waals surface area contributed by atoms with E-state index in [-0.39, 0.29) is 19.5 Å². The minimum Gasteiger partial charge on any atom is -0.394 e. The van der Waals surface area contributed by atoms with Gasteiger partial charge in [0.2, 0.25) is 0 Å². The summed E-state index contributed by atoms with van der Waals surface area (Å²) in [4.78, 5) is 0. The van der Waals surface area contributed by atoms with Gasteiger partial charge in [-0.1, -0.05) is 0 Å². The number of hydrogen-bond acceptors (Lipinski definition) is 19. The number of rotatable bonds is 9. The molecule has 3 heterocycles. The summed E-state index contributed by atoms with van der Waals surface area (Å²) < 4.78 is 34.6. The summed E-state index contributed by atoms with van der Waals surface area (Å²) >= 11 is 0. The van der Waals surface area contributed by atoms with Gasteiger partial charge in [0.15, 0.2) is 18.9 Å². The minimum absolute atomic E-state index is 0.0889. The van der Waals surface area contributed by atoms with Crippen molar-refractivity contribution < 1.29 is 64.2 Å². The maximum absolute atomic E-state index is 11.1. The third kappa shape index (κ3) is 6.60. The summed E-state index contributed by atoms with van der Waals surface area (Å²) in [7, 11) is 0. The Hall–Kier alpha value is -0.760. The molecule has 246 valence electrons. The van der Waals surface area contributed by atoms with E-state index in [1.54, 1.807) is 0 Å². The Balaban J connectivity index is 1.50. The Morgan fingerprint density at radius 3 is 1.45 bits per heavy atom. The predicted octanol–water partition coefficient (Wildman–Crippen LogP) is -8.90. The van der Waals surface area contributed by atoms with Crippen molar-refractivity contribution in [3.05, 3.63) is 0 Å². The zero-order valence-corrected chi connectivity index (χ0v) is 22.8. The van der Waals surface area contributed by atoms with Crippen LogP contribution in [-0.2, 0) is 28.4 Å². The van der Waals surface area contributed by atoms with Gasteiger partial charge < -0.3 is 98.6 Å². The van der Waals surface area contributed by atoms with Crippen molar-refractivity contribution in [2.24, 2.45) is 34.4 Å². The highest BCUT2D eigenvalue weighted by Crippen LogP contribution is 2.34. The third-order valence-electron chi connectivity index (χ3n) is 8.37. The van der Waals surface area contributed by atoms with E-state index in [4.69, 9.17) is 62.8 Å². The summed E-state index contributed by atoms with van der Waals surface area (Å²) in [5.74, 6) is 0. The molecule has 0 aromatic heterocycles. The van der Waals surface area contributed by atoms with E-state index in [9.17, 15) is 35.7 Å². The highest BCUT2D eigenvalue weighted by atomic mass is 16.8. The molecule has 4 fully saturated rings. The van der Waals surface area contributed by atoms with E-state index in [0.717, 1.165) is 0 Å². The lowest BCUT2D eigenvalue weighted by Crippen LogP contribution is -2.68. The first-order chi connectivity index (χ1) is 19.8. The molecule has 19 nitrogen and oxygen atoms in total. The largest absolute Gasteiger partial charge is 0.394 e. The molecule has 19 heteroatoms. The topological polar surface area (TPSA) is 353 Å². The van der Waals surface area contributed by atoms with Gasteiger partial charge in [-0.3, -0.25) is 0 Å². The fraction of sp³-hybridized carbons (Fsp3) is 1.00. The summed E-state index contributed by atoms with van der Waals surface area (Å²) in [6, 6.07) is -4.18. The van der Waals surface area contributed by atoms with Crippen LogP contribution in [0.5, 0.6) is 0 Å². The molecule has 0 bridgehead atoms. The maximum atomic E-state index is 11.1. The Labute approximate surface area is 241 Å². The molecule has 0 aromatic rings. The lowest BCUT2D eigenvalue weighted by atomic mass is 9.84. The molecule has 0 aromatic carbocycles. The monoisotopic (exact) mass is 614 g/mol. The average Bonchev–Trinajstić information content (AvgIpc) is 3.27. The minimum atomic E-state index is -1.60. The second kappa shape index (κ2) is 14.1. The van der Waals surface area contributed by atoms with Crippen LogP contribution in [0.25, 0.3) is 0 Å².